The van der Waals surface area contributed by atoms with Gasteiger partial charge in [-0.05, 0) is 107 Å². The van der Waals surface area contributed by atoms with Crippen molar-refractivity contribution in [2.24, 2.45) is 0 Å². The van der Waals surface area contributed by atoms with Crippen LogP contribution in [0.3, 0.4) is 0 Å². The van der Waals surface area contributed by atoms with Gasteiger partial charge >= 0.3 is 13.8 Å². The Morgan fingerprint density at radius 1 is 0.805 bits per heavy atom. The fourth-order valence-corrected chi connectivity index (χ4v) is 6.97. The van der Waals surface area contributed by atoms with Crippen molar-refractivity contribution in [3.8, 4) is 5.75 Å². The van der Waals surface area contributed by atoms with Crippen molar-refractivity contribution in [1.29, 1.82) is 0 Å². The molecule has 1 aromatic rings. The van der Waals surface area contributed by atoms with Crippen molar-refractivity contribution in [3.05, 3.63) is 28.8 Å². The minimum atomic E-state index is -4.10. The fraction of sp³-hybridized carbons (Fsp3) is 0.781. The van der Waals surface area contributed by atoms with Gasteiger partial charge in [-0.3, -0.25) is 13.8 Å². The van der Waals surface area contributed by atoms with Crippen LogP contribution < -0.4 is 4.52 Å². The molecule has 41 heavy (non-hydrogen) atoms. The number of carbonyl (C=O) groups excluding carboxylic acids is 1. The van der Waals surface area contributed by atoms with Gasteiger partial charge in [0.2, 0.25) is 0 Å². The smallest absolute Gasteiger partial charge is 0.531 e. The highest BCUT2D eigenvalue weighted by Gasteiger charge is 2.41. The van der Waals surface area contributed by atoms with Gasteiger partial charge in [0.05, 0.1) is 17.6 Å². The second kappa shape index (κ2) is 12.8. The van der Waals surface area contributed by atoms with Gasteiger partial charge in [0.15, 0.2) is 0 Å². The van der Waals surface area contributed by atoms with Crippen LogP contribution in [0.5, 0.6) is 5.75 Å². The van der Waals surface area contributed by atoms with Crippen LogP contribution in [0.2, 0.25) is 18.1 Å². The first-order chi connectivity index (χ1) is 18.0. The monoisotopic (exact) mass is 614 g/mol. The van der Waals surface area contributed by atoms with Gasteiger partial charge in [0.25, 0.3) is 0 Å². The highest BCUT2D eigenvalue weighted by molar-refractivity contribution is 7.49. The van der Waals surface area contributed by atoms with Crippen LogP contribution in [0.4, 0.5) is 0 Å². The molecule has 0 aliphatic rings. The van der Waals surface area contributed by atoms with E-state index in [4.69, 9.17) is 22.7 Å². The molecule has 0 heterocycles. The Balaban J connectivity index is 3.73. The molecule has 0 atom stereocenters. The van der Waals surface area contributed by atoms with E-state index < -0.39 is 38.4 Å². The standard InChI is InChI=1S/C32H59O7PSi/c1-23-20-24(22-26(33)36-28(2,3)4)27(32(14,15)18-19-35-41(16,17)31(11,12)13)25(21-23)37-40(34,38-29(5,6)7)39-30(8,9)10/h20-21H,18-19,22H2,1-17H3/q-1. The molecule has 7 nitrogen and oxygen atoms in total. The topological polar surface area (TPSA) is 80.3 Å². The summed E-state index contributed by atoms with van der Waals surface area (Å²) in [5.41, 5.74) is -0.352. The molecule has 0 fully saturated rings. The normalized spacial score (nSPS) is 14.3. The Hall–Kier alpha value is -1.18. The van der Waals surface area contributed by atoms with E-state index in [2.05, 4.69) is 47.7 Å². The number of phosphoric acid groups is 1. The Morgan fingerprint density at radius 3 is 1.71 bits per heavy atom. The van der Waals surface area contributed by atoms with E-state index in [1.807, 2.05) is 81.4 Å². The molecule has 0 N–H and O–H groups in total. The van der Waals surface area contributed by atoms with Gasteiger partial charge in [-0.15, -0.1) is 18.1 Å². The maximum absolute atomic E-state index is 14.2. The summed E-state index contributed by atoms with van der Waals surface area (Å²) < 4.78 is 44.7. The zero-order valence-electron chi connectivity index (χ0n) is 29.1. The molecule has 0 aliphatic heterocycles. The lowest BCUT2D eigenvalue weighted by atomic mass is 9.77. The molecule has 0 saturated heterocycles. The van der Waals surface area contributed by atoms with Crippen molar-refractivity contribution in [2.75, 3.05) is 6.61 Å². The van der Waals surface area contributed by atoms with E-state index in [1.54, 1.807) is 0 Å². The molecule has 0 bridgehead atoms. The molecule has 9 heteroatoms. The van der Waals surface area contributed by atoms with E-state index in [1.165, 1.54) is 0 Å². The summed E-state index contributed by atoms with van der Waals surface area (Å²) in [6.45, 7) is 34.2. The summed E-state index contributed by atoms with van der Waals surface area (Å²) in [7, 11) is -6.08. The molecule has 0 radical (unpaired) electrons. The third-order valence-corrected chi connectivity index (χ3v) is 13.2. The van der Waals surface area contributed by atoms with Crippen molar-refractivity contribution in [2.45, 2.75) is 157 Å². The number of phosphoric ester groups is 1. The maximum Gasteiger partial charge on any atom is 0.531 e. The van der Waals surface area contributed by atoms with Crippen LogP contribution in [-0.4, -0.2) is 37.7 Å². The largest absolute Gasteiger partial charge is 0.564 e. The second-order valence-corrected chi connectivity index (χ2v) is 22.5. The summed E-state index contributed by atoms with van der Waals surface area (Å²) in [5, 5.41) is 0.0817. The van der Waals surface area contributed by atoms with E-state index >= 15 is 0 Å². The van der Waals surface area contributed by atoms with Crippen molar-refractivity contribution >= 4 is 22.1 Å². The van der Waals surface area contributed by atoms with Crippen LogP contribution in [0.1, 0.15) is 120 Å². The van der Waals surface area contributed by atoms with E-state index in [0.29, 0.717) is 18.8 Å². The average molecular weight is 615 g/mol. The quantitative estimate of drug-likeness (QED) is 0.139. The number of aryl methyl sites for hydroxylation is 1. The van der Waals surface area contributed by atoms with Crippen molar-refractivity contribution in [3.63, 3.8) is 0 Å². The van der Waals surface area contributed by atoms with E-state index in [9.17, 15) is 9.36 Å². The molecular weight excluding hydrogens is 555 g/mol. The minimum absolute atomic E-state index is 0.0434. The first-order valence-electron chi connectivity index (χ1n) is 14.7. The molecule has 0 amide bonds. The molecule has 0 saturated carbocycles. The SMILES string of the molecule is Cc1cc(CC(=O)OC(C)(C)C)c(C(C)(C)CCO[Si-](C)(C)C(C)(C)C)c(OP(=O)(OC(C)(C)C)OC(C)(C)C)c1. The van der Waals surface area contributed by atoms with E-state index in [0.717, 1.165) is 16.7 Å². The van der Waals surface area contributed by atoms with Crippen molar-refractivity contribution < 1.29 is 32.1 Å². The number of rotatable bonds is 11. The molecule has 1 aromatic carbocycles. The first-order valence-corrected chi connectivity index (χ1v) is 19.0. The first kappa shape index (κ1) is 37.8. The molecule has 0 aliphatic carbocycles. The molecular formula is C32H59O7PSi-. The molecule has 1 rings (SSSR count). The van der Waals surface area contributed by atoms with Gasteiger partial charge in [-0.2, -0.15) is 0 Å². The third-order valence-electron chi connectivity index (χ3n) is 6.74. The summed E-state index contributed by atoms with van der Waals surface area (Å²) in [4.78, 5) is 13.1. The zero-order chi connectivity index (χ0) is 32.5. The fourth-order valence-electron chi connectivity index (χ4n) is 4.09. The molecule has 0 spiro atoms. The van der Waals surface area contributed by atoms with Gasteiger partial charge in [0, 0.05) is 12.2 Å². The second-order valence-electron chi connectivity index (χ2n) is 16.2. The number of hydrogen-bond donors (Lipinski definition) is 0. The lowest BCUT2D eigenvalue weighted by molar-refractivity contribution is -0.153. The molecule has 0 unspecified atom stereocenters. The van der Waals surface area contributed by atoms with Crippen molar-refractivity contribution in [1.82, 2.24) is 0 Å². The molecule has 0 aromatic heterocycles. The summed E-state index contributed by atoms with van der Waals surface area (Å²) >= 11 is 0. The van der Waals surface area contributed by atoms with Gasteiger partial charge in [0.1, 0.15) is 11.4 Å². The highest BCUT2D eigenvalue weighted by Crippen LogP contribution is 2.57. The molecule has 239 valence electrons. The van der Waals surface area contributed by atoms with Crippen LogP contribution in [0, 0.1) is 6.92 Å². The number of esters is 1. The Morgan fingerprint density at radius 2 is 1.29 bits per heavy atom. The number of ether oxygens (including phenoxy) is 1. The Labute approximate surface area is 252 Å². The van der Waals surface area contributed by atoms with Crippen LogP contribution >= 0.6 is 7.82 Å². The van der Waals surface area contributed by atoms with Crippen LogP contribution in [-0.2, 0) is 39.4 Å². The lowest BCUT2D eigenvalue weighted by Gasteiger charge is -2.49. The number of carbonyl (C=O) groups is 1. The Bertz CT molecular complexity index is 1080. The van der Waals surface area contributed by atoms with Gasteiger partial charge < -0.3 is 13.7 Å². The Kier molecular flexibility index (Phi) is 11.8. The zero-order valence-corrected chi connectivity index (χ0v) is 31.0. The van der Waals surface area contributed by atoms with Gasteiger partial charge in [-0.1, -0.05) is 40.7 Å². The third kappa shape index (κ3) is 12.9. The lowest BCUT2D eigenvalue weighted by Crippen LogP contribution is -2.41. The number of benzene rings is 1. The predicted octanol–water partition coefficient (Wildman–Crippen LogP) is 9.69. The number of hydrogen-bond acceptors (Lipinski definition) is 7. The summed E-state index contributed by atoms with van der Waals surface area (Å²) in [5.74, 6) is 0.0291. The van der Waals surface area contributed by atoms with Crippen LogP contribution in [0.25, 0.3) is 0 Å². The van der Waals surface area contributed by atoms with Crippen LogP contribution in [0.15, 0.2) is 12.1 Å². The summed E-state index contributed by atoms with van der Waals surface area (Å²) in [6.07, 6.45) is 0.701. The van der Waals surface area contributed by atoms with E-state index in [-0.39, 0.29) is 17.4 Å². The minimum Gasteiger partial charge on any atom is -0.564 e. The maximum atomic E-state index is 14.2. The average Bonchev–Trinajstić information content (AvgIpc) is 2.60. The van der Waals surface area contributed by atoms with Gasteiger partial charge in [-0.25, -0.2) is 4.57 Å². The predicted molar refractivity (Wildman–Crippen MR) is 171 cm³/mol. The highest BCUT2D eigenvalue weighted by atomic mass is 31.2. The summed E-state index contributed by atoms with van der Waals surface area (Å²) in [6, 6.07) is 3.82.